The van der Waals surface area contributed by atoms with Crippen molar-refractivity contribution in [3.63, 3.8) is 0 Å². The van der Waals surface area contributed by atoms with Crippen molar-refractivity contribution in [1.29, 1.82) is 0 Å². The van der Waals surface area contributed by atoms with Gasteiger partial charge in [-0.2, -0.15) is 0 Å². The number of benzene rings is 2. The van der Waals surface area contributed by atoms with Gasteiger partial charge in [0.25, 0.3) is 0 Å². The first-order valence-corrected chi connectivity index (χ1v) is 7.43. The van der Waals surface area contributed by atoms with Crippen molar-refractivity contribution in [2.45, 2.75) is 0 Å². The molecule has 0 spiro atoms. The highest BCUT2D eigenvalue weighted by atomic mass is 35.5. The van der Waals surface area contributed by atoms with Gasteiger partial charge in [0.05, 0.1) is 17.6 Å². The zero-order valence-electron chi connectivity index (χ0n) is 12.2. The molecule has 3 rings (SSSR count). The lowest BCUT2D eigenvalue weighted by molar-refractivity contribution is 0.262. The highest BCUT2D eigenvalue weighted by Crippen LogP contribution is 2.18. The van der Waals surface area contributed by atoms with Gasteiger partial charge in [0.1, 0.15) is 0 Å². The van der Waals surface area contributed by atoms with E-state index < -0.39 is 0 Å². The Labute approximate surface area is 139 Å². The summed E-state index contributed by atoms with van der Waals surface area (Å²) in [6.45, 7) is 0. The van der Waals surface area contributed by atoms with E-state index in [4.69, 9.17) is 11.6 Å². The van der Waals surface area contributed by atoms with Gasteiger partial charge in [-0.15, -0.1) is 0 Å². The maximum Gasteiger partial charge on any atom is 0.323 e. The maximum absolute atomic E-state index is 11.9. The molecule has 3 aromatic rings. The zero-order valence-corrected chi connectivity index (χ0v) is 12.9. The number of amides is 2. The van der Waals surface area contributed by atoms with Gasteiger partial charge >= 0.3 is 6.03 Å². The van der Waals surface area contributed by atoms with E-state index in [-0.39, 0.29) is 6.03 Å². The van der Waals surface area contributed by atoms with Crippen LogP contribution in [-0.2, 0) is 0 Å². The molecule has 0 radical (unpaired) electrons. The van der Waals surface area contributed by atoms with Crippen molar-refractivity contribution < 1.29 is 4.79 Å². The van der Waals surface area contributed by atoms with Gasteiger partial charge in [0, 0.05) is 16.3 Å². The molecule has 4 nitrogen and oxygen atoms in total. The lowest BCUT2D eigenvalue weighted by Crippen LogP contribution is -2.19. The van der Waals surface area contributed by atoms with Gasteiger partial charge in [-0.1, -0.05) is 41.9 Å². The van der Waals surface area contributed by atoms with Crippen LogP contribution in [0.1, 0.15) is 0 Å². The average molecular weight is 324 g/mol. The molecule has 0 saturated carbocycles. The molecule has 1 aromatic heterocycles. The molecular formula is C18H14ClN3O. The monoisotopic (exact) mass is 323 g/mol. The highest BCUT2D eigenvalue weighted by Gasteiger charge is 2.04. The first-order valence-electron chi connectivity index (χ1n) is 7.06. The largest absolute Gasteiger partial charge is 0.323 e. The third kappa shape index (κ3) is 4.08. The Morgan fingerprint density at radius 1 is 0.826 bits per heavy atom. The summed E-state index contributed by atoms with van der Waals surface area (Å²) in [5.74, 6) is 0. The minimum absolute atomic E-state index is 0.332. The van der Waals surface area contributed by atoms with Crippen LogP contribution in [-0.4, -0.2) is 11.0 Å². The predicted octanol–water partition coefficient (Wildman–Crippen LogP) is 5.05. The molecule has 2 amide bonds. The van der Waals surface area contributed by atoms with Crippen molar-refractivity contribution in [2.24, 2.45) is 0 Å². The second-order valence-electron chi connectivity index (χ2n) is 4.88. The minimum atomic E-state index is -0.332. The van der Waals surface area contributed by atoms with Crippen LogP contribution in [0.3, 0.4) is 0 Å². The number of hydrogen-bond donors (Lipinski definition) is 2. The fraction of sp³-hybridized carbons (Fsp3) is 0. The Bertz CT molecular complexity index is 787. The van der Waals surface area contributed by atoms with E-state index in [9.17, 15) is 4.79 Å². The van der Waals surface area contributed by atoms with Gasteiger partial charge < -0.3 is 10.6 Å². The summed E-state index contributed by atoms with van der Waals surface area (Å²) in [6, 6.07) is 20.1. The standard InChI is InChI=1S/C18H14ClN3O/c19-14-6-8-15(9-7-14)21-18(23)22-16-10-11-17(20-12-16)13-4-2-1-3-5-13/h1-12H,(H2,21,22,23). The van der Waals surface area contributed by atoms with Crippen molar-refractivity contribution in [2.75, 3.05) is 10.6 Å². The fourth-order valence-electron chi connectivity index (χ4n) is 2.07. The van der Waals surface area contributed by atoms with Crippen molar-refractivity contribution >= 4 is 29.0 Å². The number of carbonyl (C=O) groups excluding carboxylic acids is 1. The second-order valence-corrected chi connectivity index (χ2v) is 5.32. The average Bonchev–Trinajstić information content (AvgIpc) is 2.58. The first-order chi connectivity index (χ1) is 11.2. The smallest absolute Gasteiger partial charge is 0.308 e. The van der Waals surface area contributed by atoms with E-state index in [1.54, 1.807) is 30.5 Å². The number of urea groups is 1. The quantitative estimate of drug-likeness (QED) is 0.709. The molecule has 0 aliphatic carbocycles. The minimum Gasteiger partial charge on any atom is -0.308 e. The number of carbonyl (C=O) groups is 1. The second kappa shape index (κ2) is 6.94. The number of nitrogens with zero attached hydrogens (tertiary/aromatic N) is 1. The third-order valence-corrected chi connectivity index (χ3v) is 3.44. The van der Waals surface area contributed by atoms with E-state index in [2.05, 4.69) is 15.6 Å². The Morgan fingerprint density at radius 2 is 1.48 bits per heavy atom. The Morgan fingerprint density at radius 3 is 2.13 bits per heavy atom. The number of pyridine rings is 1. The number of hydrogen-bond acceptors (Lipinski definition) is 2. The summed E-state index contributed by atoms with van der Waals surface area (Å²) in [7, 11) is 0. The van der Waals surface area contributed by atoms with E-state index in [1.807, 2.05) is 42.5 Å². The molecule has 0 atom stereocenters. The van der Waals surface area contributed by atoms with Crippen LogP contribution in [0.4, 0.5) is 16.2 Å². The molecular weight excluding hydrogens is 310 g/mol. The zero-order chi connectivity index (χ0) is 16.1. The van der Waals surface area contributed by atoms with Gasteiger partial charge in [-0.3, -0.25) is 4.98 Å². The lowest BCUT2D eigenvalue weighted by Gasteiger charge is -2.08. The Hall–Kier alpha value is -2.85. The molecule has 1 heterocycles. The lowest BCUT2D eigenvalue weighted by atomic mass is 10.1. The normalized spacial score (nSPS) is 10.1. The number of nitrogens with one attached hydrogen (secondary N) is 2. The van der Waals surface area contributed by atoms with Crippen LogP contribution in [0.25, 0.3) is 11.3 Å². The molecule has 2 aromatic carbocycles. The summed E-state index contributed by atoms with van der Waals surface area (Å²) in [4.78, 5) is 16.3. The number of halogens is 1. The van der Waals surface area contributed by atoms with Gasteiger partial charge in [-0.25, -0.2) is 4.79 Å². The van der Waals surface area contributed by atoms with E-state index in [0.29, 0.717) is 16.4 Å². The number of aromatic nitrogens is 1. The Balaban J connectivity index is 1.64. The molecule has 114 valence electrons. The molecule has 0 aliphatic heterocycles. The van der Waals surface area contributed by atoms with Gasteiger partial charge in [0.2, 0.25) is 0 Å². The van der Waals surface area contributed by atoms with Gasteiger partial charge in [0.15, 0.2) is 0 Å². The fourth-order valence-corrected chi connectivity index (χ4v) is 2.20. The van der Waals surface area contributed by atoms with E-state index >= 15 is 0 Å². The van der Waals surface area contributed by atoms with Crippen LogP contribution < -0.4 is 10.6 Å². The third-order valence-electron chi connectivity index (χ3n) is 3.19. The van der Waals surface area contributed by atoms with E-state index in [1.165, 1.54) is 0 Å². The number of rotatable bonds is 3. The molecule has 0 aliphatic rings. The molecule has 0 fully saturated rings. The van der Waals surface area contributed by atoms with Crippen LogP contribution in [0.15, 0.2) is 72.9 Å². The summed E-state index contributed by atoms with van der Waals surface area (Å²) in [5.41, 5.74) is 3.18. The van der Waals surface area contributed by atoms with Crippen LogP contribution >= 0.6 is 11.6 Å². The Kier molecular flexibility index (Phi) is 4.54. The van der Waals surface area contributed by atoms with Crippen LogP contribution in [0, 0.1) is 0 Å². The first kappa shape index (κ1) is 15.1. The van der Waals surface area contributed by atoms with E-state index in [0.717, 1.165) is 11.3 Å². The van der Waals surface area contributed by atoms with Crippen molar-refractivity contribution in [1.82, 2.24) is 4.98 Å². The molecule has 0 saturated heterocycles. The van der Waals surface area contributed by atoms with Gasteiger partial charge in [-0.05, 0) is 36.4 Å². The topological polar surface area (TPSA) is 54.0 Å². The summed E-state index contributed by atoms with van der Waals surface area (Å²) in [6.07, 6.45) is 1.63. The van der Waals surface area contributed by atoms with Crippen LogP contribution in [0.5, 0.6) is 0 Å². The molecule has 0 bridgehead atoms. The highest BCUT2D eigenvalue weighted by molar-refractivity contribution is 6.30. The molecule has 0 unspecified atom stereocenters. The van der Waals surface area contributed by atoms with Crippen molar-refractivity contribution in [3.8, 4) is 11.3 Å². The van der Waals surface area contributed by atoms with Crippen molar-refractivity contribution in [3.05, 3.63) is 77.9 Å². The van der Waals surface area contributed by atoms with Crippen LogP contribution in [0.2, 0.25) is 5.02 Å². The molecule has 2 N–H and O–H groups in total. The summed E-state index contributed by atoms with van der Waals surface area (Å²) < 4.78 is 0. The number of anilines is 2. The molecule has 23 heavy (non-hydrogen) atoms. The summed E-state index contributed by atoms with van der Waals surface area (Å²) >= 11 is 5.81. The SMILES string of the molecule is O=C(Nc1ccc(Cl)cc1)Nc1ccc(-c2ccccc2)nc1. The molecule has 5 heteroatoms. The maximum atomic E-state index is 11.9. The summed E-state index contributed by atoms with van der Waals surface area (Å²) in [5, 5.41) is 6.09. The predicted molar refractivity (Wildman–Crippen MR) is 93.8 cm³/mol.